The topological polar surface area (TPSA) is 47.6 Å². The van der Waals surface area contributed by atoms with Gasteiger partial charge in [0.1, 0.15) is 11.5 Å². The maximum atomic E-state index is 5.98. The van der Waals surface area contributed by atoms with Gasteiger partial charge in [0.15, 0.2) is 5.17 Å². The molecule has 0 bridgehead atoms. The summed E-state index contributed by atoms with van der Waals surface area (Å²) in [7, 11) is 0. The number of amidine groups is 1. The summed E-state index contributed by atoms with van der Waals surface area (Å²) >= 11 is 1.63. The van der Waals surface area contributed by atoms with E-state index in [4.69, 9.17) is 10.5 Å². The fourth-order valence-corrected chi connectivity index (χ4v) is 3.91. The van der Waals surface area contributed by atoms with Gasteiger partial charge in [0, 0.05) is 5.75 Å². The highest BCUT2D eigenvalue weighted by molar-refractivity contribution is 8.13. The van der Waals surface area contributed by atoms with Gasteiger partial charge in [-0.15, -0.1) is 0 Å². The molecule has 0 aromatic heterocycles. The van der Waals surface area contributed by atoms with Gasteiger partial charge in [0.25, 0.3) is 0 Å². The second-order valence-electron chi connectivity index (χ2n) is 7.72. The fraction of sp³-hybridized carbons (Fsp3) is 0.381. The van der Waals surface area contributed by atoms with Crippen LogP contribution < -0.4 is 10.5 Å². The predicted molar refractivity (Wildman–Crippen MR) is 108 cm³/mol. The molecule has 1 unspecified atom stereocenters. The molecule has 0 fully saturated rings. The zero-order valence-corrected chi connectivity index (χ0v) is 16.2. The summed E-state index contributed by atoms with van der Waals surface area (Å²) in [5.41, 5.74) is 8.30. The van der Waals surface area contributed by atoms with Crippen molar-refractivity contribution < 1.29 is 4.74 Å². The van der Waals surface area contributed by atoms with Gasteiger partial charge in [-0.25, -0.2) is 0 Å². The van der Waals surface area contributed by atoms with Gasteiger partial charge in [-0.05, 0) is 54.2 Å². The molecule has 2 N–H and O–H groups in total. The number of benzene rings is 2. The van der Waals surface area contributed by atoms with Crippen molar-refractivity contribution >= 4 is 16.9 Å². The van der Waals surface area contributed by atoms with Crippen molar-refractivity contribution in [1.29, 1.82) is 0 Å². The predicted octanol–water partition coefficient (Wildman–Crippen LogP) is 5.44. The first-order valence-electron chi connectivity index (χ1n) is 8.63. The molecule has 1 aliphatic heterocycles. The third-order valence-corrected chi connectivity index (χ3v) is 5.42. The molecule has 3 nitrogen and oxygen atoms in total. The monoisotopic (exact) mass is 354 g/mol. The van der Waals surface area contributed by atoms with Crippen molar-refractivity contribution in [3.8, 4) is 11.5 Å². The van der Waals surface area contributed by atoms with Crippen LogP contribution in [-0.2, 0) is 11.0 Å². The Morgan fingerprint density at radius 3 is 2.08 bits per heavy atom. The minimum Gasteiger partial charge on any atom is -0.457 e. The third-order valence-electron chi connectivity index (χ3n) is 4.63. The van der Waals surface area contributed by atoms with Gasteiger partial charge in [-0.2, -0.15) is 0 Å². The van der Waals surface area contributed by atoms with Crippen molar-refractivity contribution in [2.24, 2.45) is 10.7 Å². The van der Waals surface area contributed by atoms with Gasteiger partial charge in [0.2, 0.25) is 0 Å². The summed E-state index contributed by atoms with van der Waals surface area (Å²) in [6.07, 6.45) is 0.993. The van der Waals surface area contributed by atoms with E-state index in [-0.39, 0.29) is 11.0 Å². The van der Waals surface area contributed by atoms with Crippen molar-refractivity contribution in [2.75, 3.05) is 5.75 Å². The number of thioether (sulfide) groups is 1. The van der Waals surface area contributed by atoms with Gasteiger partial charge in [0.05, 0.1) is 5.54 Å². The Morgan fingerprint density at radius 2 is 1.56 bits per heavy atom. The lowest BCUT2D eigenvalue weighted by molar-refractivity contribution is 0.471. The van der Waals surface area contributed by atoms with Crippen molar-refractivity contribution in [1.82, 2.24) is 0 Å². The Hall–Kier alpha value is -1.94. The highest BCUT2D eigenvalue weighted by Gasteiger charge is 2.29. The average Bonchev–Trinajstić information content (AvgIpc) is 2.55. The van der Waals surface area contributed by atoms with Crippen LogP contribution >= 0.6 is 11.8 Å². The molecule has 0 saturated carbocycles. The van der Waals surface area contributed by atoms with Crippen LogP contribution in [0.1, 0.15) is 45.2 Å². The van der Waals surface area contributed by atoms with Gasteiger partial charge < -0.3 is 10.5 Å². The number of rotatable bonds is 3. The van der Waals surface area contributed by atoms with Crippen LogP contribution in [0.5, 0.6) is 11.5 Å². The SMILES string of the molecule is CC(C)(C)c1ccc(Oc2ccc(C3(C)CCSC(N)=N3)cc2)cc1. The van der Waals surface area contributed by atoms with E-state index in [1.54, 1.807) is 11.8 Å². The van der Waals surface area contributed by atoms with E-state index in [1.807, 2.05) is 24.3 Å². The molecule has 0 amide bonds. The lowest BCUT2D eigenvalue weighted by atomic mass is 9.87. The molecule has 2 aromatic rings. The van der Waals surface area contributed by atoms with E-state index < -0.39 is 0 Å². The summed E-state index contributed by atoms with van der Waals surface area (Å²) in [6.45, 7) is 8.77. The van der Waals surface area contributed by atoms with E-state index in [1.165, 1.54) is 11.1 Å². The standard InChI is InChI=1S/C21H26N2OS/c1-20(2,3)15-5-9-17(10-6-15)24-18-11-7-16(8-12-18)21(4)13-14-25-19(22)23-21/h5-12H,13-14H2,1-4H3,(H2,22,23). The molecule has 25 heavy (non-hydrogen) atoms. The van der Waals surface area contributed by atoms with Gasteiger partial charge in [-0.3, -0.25) is 4.99 Å². The number of nitrogens with two attached hydrogens (primary N) is 1. The van der Waals surface area contributed by atoms with E-state index in [0.29, 0.717) is 5.17 Å². The molecule has 3 rings (SSSR count). The summed E-state index contributed by atoms with van der Waals surface area (Å²) in [4.78, 5) is 4.65. The molecule has 0 saturated heterocycles. The number of nitrogens with zero attached hydrogens (tertiary/aromatic N) is 1. The summed E-state index contributed by atoms with van der Waals surface area (Å²) in [5, 5.41) is 0.674. The third kappa shape index (κ3) is 4.18. The molecule has 4 heteroatoms. The smallest absolute Gasteiger partial charge is 0.154 e. The van der Waals surface area contributed by atoms with E-state index in [2.05, 4.69) is 57.0 Å². The molecule has 1 heterocycles. The summed E-state index contributed by atoms with van der Waals surface area (Å²) in [6, 6.07) is 16.5. The molecule has 2 aromatic carbocycles. The molecule has 1 aliphatic rings. The lowest BCUT2D eigenvalue weighted by Gasteiger charge is -2.29. The second kappa shape index (κ2) is 6.75. The Balaban J connectivity index is 1.74. The van der Waals surface area contributed by atoms with Crippen molar-refractivity contribution in [2.45, 2.75) is 45.1 Å². The van der Waals surface area contributed by atoms with Gasteiger partial charge >= 0.3 is 0 Å². The molecular weight excluding hydrogens is 328 g/mol. The Kier molecular flexibility index (Phi) is 4.83. The van der Waals surface area contributed by atoms with Crippen molar-refractivity contribution in [3.05, 3.63) is 59.7 Å². The highest BCUT2D eigenvalue weighted by atomic mass is 32.2. The fourth-order valence-electron chi connectivity index (χ4n) is 2.94. The maximum absolute atomic E-state index is 5.98. The van der Waals surface area contributed by atoms with Crippen LogP contribution in [0.2, 0.25) is 0 Å². The maximum Gasteiger partial charge on any atom is 0.154 e. The first kappa shape index (κ1) is 17.9. The molecule has 0 radical (unpaired) electrons. The molecular formula is C21H26N2OS. The second-order valence-corrected chi connectivity index (χ2v) is 8.84. The molecule has 0 spiro atoms. The van der Waals surface area contributed by atoms with Crippen LogP contribution in [0.3, 0.4) is 0 Å². The summed E-state index contributed by atoms with van der Waals surface area (Å²) in [5.74, 6) is 2.69. The van der Waals surface area contributed by atoms with Crippen LogP contribution in [-0.4, -0.2) is 10.9 Å². The number of hydrogen-bond acceptors (Lipinski definition) is 4. The van der Waals surface area contributed by atoms with E-state index in [0.717, 1.165) is 23.7 Å². The zero-order chi connectivity index (χ0) is 18.1. The zero-order valence-electron chi connectivity index (χ0n) is 15.4. The highest BCUT2D eigenvalue weighted by Crippen LogP contribution is 2.36. The van der Waals surface area contributed by atoms with E-state index >= 15 is 0 Å². The van der Waals surface area contributed by atoms with Crippen molar-refractivity contribution in [3.63, 3.8) is 0 Å². The van der Waals surface area contributed by atoms with Crippen LogP contribution in [0, 0.1) is 0 Å². The van der Waals surface area contributed by atoms with Crippen LogP contribution in [0.25, 0.3) is 0 Å². The minimum atomic E-state index is -0.234. The van der Waals surface area contributed by atoms with Crippen LogP contribution in [0.15, 0.2) is 53.5 Å². The molecule has 132 valence electrons. The average molecular weight is 355 g/mol. The Morgan fingerprint density at radius 1 is 1.00 bits per heavy atom. The first-order valence-corrected chi connectivity index (χ1v) is 9.62. The number of hydrogen-bond donors (Lipinski definition) is 1. The Bertz CT molecular complexity index is 760. The lowest BCUT2D eigenvalue weighted by Crippen LogP contribution is -2.28. The van der Waals surface area contributed by atoms with E-state index in [9.17, 15) is 0 Å². The number of aliphatic imine (C=N–C) groups is 1. The number of ether oxygens (including phenoxy) is 1. The normalized spacial score (nSPS) is 20.9. The Labute approximate surface area is 154 Å². The summed E-state index contributed by atoms with van der Waals surface area (Å²) < 4.78 is 5.98. The quantitative estimate of drug-likeness (QED) is 0.798. The first-order chi connectivity index (χ1) is 11.8. The molecule has 1 atom stereocenters. The minimum absolute atomic E-state index is 0.149. The molecule has 0 aliphatic carbocycles. The van der Waals surface area contributed by atoms with Crippen LogP contribution in [0.4, 0.5) is 0 Å². The largest absolute Gasteiger partial charge is 0.457 e. The van der Waals surface area contributed by atoms with Gasteiger partial charge in [-0.1, -0.05) is 56.8 Å².